The number of ether oxygens (including phenoxy) is 2. The summed E-state index contributed by atoms with van der Waals surface area (Å²) in [6, 6.07) is 0. The number of unbranched alkanes of at least 4 members (excludes halogenated alkanes) is 13. The minimum Gasteiger partial charge on any atom is -0.462 e. The Balaban J connectivity index is 3.72. The van der Waals surface area contributed by atoms with Crippen molar-refractivity contribution in [2.75, 3.05) is 13.2 Å². The van der Waals surface area contributed by atoms with Gasteiger partial charge < -0.3 is 14.6 Å². The van der Waals surface area contributed by atoms with Crippen LogP contribution >= 0.6 is 0 Å². The molecule has 0 saturated heterocycles. The molecule has 0 aromatic rings. The van der Waals surface area contributed by atoms with Crippen molar-refractivity contribution in [3.63, 3.8) is 0 Å². The van der Waals surface area contributed by atoms with Gasteiger partial charge in [0, 0.05) is 12.8 Å². The second-order valence-corrected chi connectivity index (χ2v) is 12.3. The topological polar surface area (TPSA) is 72.8 Å². The summed E-state index contributed by atoms with van der Waals surface area (Å²) in [7, 11) is 0. The molecule has 0 saturated carbocycles. The van der Waals surface area contributed by atoms with E-state index in [0.717, 1.165) is 57.8 Å². The SMILES string of the molecule is CC/C=C/C/C=C/C/C=C/C/C=C/C/C=C/C/C=C/CCC(=O)O[C@@H](CO)COC(=O)CCCCCCCCCCCCCCCC. The maximum atomic E-state index is 12.1. The molecule has 0 spiro atoms. The molecule has 0 aromatic heterocycles. The van der Waals surface area contributed by atoms with Crippen LogP contribution in [0.3, 0.4) is 0 Å². The summed E-state index contributed by atoms with van der Waals surface area (Å²) in [6.45, 7) is 3.95. The third-order valence-electron chi connectivity index (χ3n) is 7.78. The van der Waals surface area contributed by atoms with Crippen molar-refractivity contribution in [2.24, 2.45) is 0 Å². The maximum Gasteiger partial charge on any atom is 0.306 e. The van der Waals surface area contributed by atoms with Gasteiger partial charge in [-0.05, 0) is 51.4 Å². The van der Waals surface area contributed by atoms with Gasteiger partial charge in [0.05, 0.1) is 6.61 Å². The molecule has 47 heavy (non-hydrogen) atoms. The van der Waals surface area contributed by atoms with Crippen LogP contribution in [0.1, 0.15) is 162 Å². The van der Waals surface area contributed by atoms with Crippen LogP contribution in [0, 0.1) is 0 Å². The van der Waals surface area contributed by atoms with Crippen molar-refractivity contribution in [1.29, 1.82) is 0 Å². The Morgan fingerprint density at radius 1 is 0.511 bits per heavy atom. The van der Waals surface area contributed by atoms with Gasteiger partial charge in [-0.3, -0.25) is 9.59 Å². The molecule has 268 valence electrons. The van der Waals surface area contributed by atoms with E-state index >= 15 is 0 Å². The summed E-state index contributed by atoms with van der Waals surface area (Å²) in [5, 5.41) is 9.53. The summed E-state index contributed by atoms with van der Waals surface area (Å²) in [5.41, 5.74) is 0. The number of aliphatic hydroxyl groups is 1. The second-order valence-electron chi connectivity index (χ2n) is 12.3. The fraction of sp³-hybridized carbons (Fsp3) is 0.667. The van der Waals surface area contributed by atoms with E-state index in [1.54, 1.807) is 0 Å². The molecule has 0 rings (SSSR count). The Hall–Kier alpha value is -2.66. The van der Waals surface area contributed by atoms with Gasteiger partial charge in [-0.25, -0.2) is 0 Å². The number of rotatable bonds is 33. The highest BCUT2D eigenvalue weighted by Gasteiger charge is 2.15. The molecule has 5 heteroatoms. The fourth-order valence-corrected chi connectivity index (χ4v) is 4.93. The van der Waals surface area contributed by atoms with E-state index in [1.807, 2.05) is 12.2 Å². The highest BCUT2D eigenvalue weighted by Crippen LogP contribution is 2.13. The zero-order chi connectivity index (χ0) is 34.3. The average Bonchev–Trinajstić information content (AvgIpc) is 3.07. The zero-order valence-corrected chi connectivity index (χ0v) is 30.3. The van der Waals surface area contributed by atoms with Crippen molar-refractivity contribution in [2.45, 2.75) is 168 Å². The Morgan fingerprint density at radius 3 is 1.34 bits per heavy atom. The molecule has 0 radical (unpaired) electrons. The second kappa shape index (κ2) is 37.8. The first-order valence-electron chi connectivity index (χ1n) is 19.0. The van der Waals surface area contributed by atoms with Gasteiger partial charge in [0.1, 0.15) is 6.61 Å². The predicted octanol–water partition coefficient (Wildman–Crippen LogP) is 11.8. The number of aliphatic hydroxyl groups excluding tert-OH is 1. The van der Waals surface area contributed by atoms with Crippen LogP contribution in [0.5, 0.6) is 0 Å². The minimum atomic E-state index is -0.812. The lowest BCUT2D eigenvalue weighted by atomic mass is 10.0. The van der Waals surface area contributed by atoms with Crippen LogP contribution in [-0.4, -0.2) is 36.4 Å². The number of hydrogen-bond acceptors (Lipinski definition) is 5. The first kappa shape index (κ1) is 44.3. The molecule has 0 aliphatic heterocycles. The Morgan fingerprint density at radius 2 is 0.915 bits per heavy atom. The number of allylic oxidation sites excluding steroid dienone is 12. The number of carbonyl (C=O) groups excluding carboxylic acids is 2. The van der Waals surface area contributed by atoms with E-state index in [9.17, 15) is 14.7 Å². The van der Waals surface area contributed by atoms with E-state index in [0.29, 0.717) is 12.8 Å². The van der Waals surface area contributed by atoms with Crippen LogP contribution < -0.4 is 0 Å². The van der Waals surface area contributed by atoms with E-state index in [4.69, 9.17) is 9.47 Å². The highest BCUT2D eigenvalue weighted by molar-refractivity contribution is 5.70. The third kappa shape index (κ3) is 36.0. The van der Waals surface area contributed by atoms with E-state index in [-0.39, 0.29) is 25.6 Å². The maximum absolute atomic E-state index is 12.1. The van der Waals surface area contributed by atoms with E-state index in [2.05, 4.69) is 74.6 Å². The molecule has 5 nitrogen and oxygen atoms in total. The highest BCUT2D eigenvalue weighted by atomic mass is 16.6. The number of hydrogen-bond donors (Lipinski definition) is 1. The first-order valence-corrected chi connectivity index (χ1v) is 19.0. The van der Waals surface area contributed by atoms with Crippen molar-refractivity contribution in [3.8, 4) is 0 Å². The molecule has 0 heterocycles. The molecule has 0 aromatic carbocycles. The molecule has 0 bridgehead atoms. The van der Waals surface area contributed by atoms with Gasteiger partial charge in [-0.1, -0.05) is 170 Å². The standard InChI is InChI=1S/C42H70O5/c1-3-5-7-9-11-13-15-17-19-20-21-22-23-25-27-29-31-33-35-37-42(45)47-40(38-43)39-46-41(44)36-34-32-30-28-26-24-18-16-14-12-10-8-6-4-2/h5,7,11,13,17,19,21-22,25,27,31,33,40,43H,3-4,6,8-10,12,14-16,18,20,23-24,26,28-30,32,34-39H2,1-2H3/b7-5+,13-11+,19-17+,22-21+,27-25+,33-31+/t40-/m0/s1. The monoisotopic (exact) mass is 655 g/mol. The lowest BCUT2D eigenvalue weighted by Crippen LogP contribution is -2.28. The van der Waals surface area contributed by atoms with E-state index < -0.39 is 12.1 Å². The van der Waals surface area contributed by atoms with E-state index in [1.165, 1.54) is 70.6 Å². The molecular formula is C42H70O5. The lowest BCUT2D eigenvalue weighted by molar-refractivity contribution is -0.161. The molecule has 0 amide bonds. The molecule has 1 atom stereocenters. The third-order valence-corrected chi connectivity index (χ3v) is 7.78. The van der Waals surface area contributed by atoms with Gasteiger partial charge in [0.2, 0.25) is 0 Å². The number of esters is 2. The average molecular weight is 655 g/mol. The fourth-order valence-electron chi connectivity index (χ4n) is 4.93. The lowest BCUT2D eigenvalue weighted by Gasteiger charge is -2.15. The molecule has 0 aliphatic rings. The van der Waals surface area contributed by atoms with Gasteiger partial charge in [-0.15, -0.1) is 0 Å². The largest absolute Gasteiger partial charge is 0.462 e. The van der Waals surface area contributed by atoms with Crippen molar-refractivity contribution >= 4 is 11.9 Å². The van der Waals surface area contributed by atoms with Crippen LogP contribution in [0.15, 0.2) is 72.9 Å². The van der Waals surface area contributed by atoms with Gasteiger partial charge >= 0.3 is 11.9 Å². The summed E-state index contributed by atoms with van der Waals surface area (Å²) in [4.78, 5) is 24.2. The van der Waals surface area contributed by atoms with Crippen LogP contribution in [0.2, 0.25) is 0 Å². The Bertz CT molecular complexity index is 879. The zero-order valence-electron chi connectivity index (χ0n) is 30.3. The van der Waals surface area contributed by atoms with Crippen LogP contribution in [-0.2, 0) is 19.1 Å². The van der Waals surface area contributed by atoms with Gasteiger partial charge in [0.15, 0.2) is 6.10 Å². The molecular weight excluding hydrogens is 584 g/mol. The van der Waals surface area contributed by atoms with Crippen LogP contribution in [0.4, 0.5) is 0 Å². The summed E-state index contributed by atoms with van der Waals surface area (Å²) >= 11 is 0. The van der Waals surface area contributed by atoms with Crippen LogP contribution in [0.25, 0.3) is 0 Å². The predicted molar refractivity (Wildman–Crippen MR) is 200 cm³/mol. The first-order chi connectivity index (χ1) is 23.1. The Kier molecular flexibility index (Phi) is 35.7. The summed E-state index contributed by atoms with van der Waals surface area (Å²) < 4.78 is 10.5. The summed E-state index contributed by atoms with van der Waals surface area (Å²) in [6.07, 6.45) is 49.7. The van der Waals surface area contributed by atoms with Crippen molar-refractivity contribution in [1.82, 2.24) is 0 Å². The Labute approximate surface area is 289 Å². The quantitative estimate of drug-likeness (QED) is 0.0433. The molecule has 0 unspecified atom stereocenters. The molecule has 0 fully saturated rings. The smallest absolute Gasteiger partial charge is 0.306 e. The van der Waals surface area contributed by atoms with Crippen molar-refractivity contribution < 1.29 is 24.2 Å². The minimum absolute atomic E-state index is 0.0976. The summed E-state index contributed by atoms with van der Waals surface area (Å²) in [5.74, 6) is -0.692. The molecule has 1 N–H and O–H groups in total. The molecule has 0 aliphatic carbocycles. The van der Waals surface area contributed by atoms with Gasteiger partial charge in [-0.2, -0.15) is 0 Å². The normalized spacial score (nSPS) is 13.0. The van der Waals surface area contributed by atoms with Crippen molar-refractivity contribution in [3.05, 3.63) is 72.9 Å². The number of carbonyl (C=O) groups is 2. The van der Waals surface area contributed by atoms with Gasteiger partial charge in [0.25, 0.3) is 0 Å².